The second-order valence-electron chi connectivity index (χ2n) is 6.91. The molecule has 2 heterocycles. The summed E-state index contributed by atoms with van der Waals surface area (Å²) in [5.74, 6) is -0.0585. The maximum absolute atomic E-state index is 12.6. The Morgan fingerprint density at radius 1 is 1.00 bits per heavy atom. The smallest absolute Gasteiger partial charge is 0.295 e. The van der Waals surface area contributed by atoms with Crippen LogP contribution in [-0.2, 0) is 24.9 Å². The average molecular weight is 406 g/mol. The van der Waals surface area contributed by atoms with Gasteiger partial charge in [-0.15, -0.1) is 0 Å². The van der Waals surface area contributed by atoms with Crippen molar-refractivity contribution in [1.82, 2.24) is 24.1 Å². The number of nitrogens with one attached hydrogen (secondary N) is 2. The largest absolute Gasteiger partial charge is 0.328 e. The van der Waals surface area contributed by atoms with Gasteiger partial charge in [0.25, 0.3) is 5.56 Å². The maximum atomic E-state index is 12.6. The average Bonchev–Trinajstić information content (AvgIpc) is 3.01. The van der Waals surface area contributed by atoms with Crippen molar-refractivity contribution in [2.24, 2.45) is 7.05 Å². The third-order valence-electron chi connectivity index (χ3n) is 5.11. The summed E-state index contributed by atoms with van der Waals surface area (Å²) in [6.07, 6.45) is 0.0881. The second-order valence-corrected chi connectivity index (χ2v) is 6.91. The lowest BCUT2D eigenvalue weighted by molar-refractivity contribution is -0.120. The number of fused-ring (bicyclic) bond motifs is 2. The van der Waals surface area contributed by atoms with Crippen LogP contribution in [0.4, 0.5) is 5.95 Å². The van der Waals surface area contributed by atoms with E-state index in [9.17, 15) is 14.4 Å². The van der Waals surface area contributed by atoms with E-state index in [1.165, 1.54) is 4.57 Å². The minimum absolute atomic E-state index is 0.0881. The number of nitrogens with zero attached hydrogens (tertiary/aromatic N) is 4. The SMILES string of the molecule is CCn1c(NNC(=O)CCn2c(=O)n(C)c3ccccc32)nc2ccccc2c1=O. The molecule has 0 radical (unpaired) electrons. The lowest BCUT2D eigenvalue weighted by Gasteiger charge is -2.14. The molecule has 0 saturated heterocycles. The molecule has 4 aromatic rings. The number of imidazole rings is 1. The fraction of sp³-hybridized carbons (Fsp3) is 0.238. The highest BCUT2D eigenvalue weighted by Crippen LogP contribution is 2.12. The summed E-state index contributed by atoms with van der Waals surface area (Å²) < 4.78 is 4.59. The minimum Gasteiger partial charge on any atom is -0.295 e. The zero-order valence-electron chi connectivity index (χ0n) is 16.8. The fourth-order valence-electron chi connectivity index (χ4n) is 3.54. The van der Waals surface area contributed by atoms with Gasteiger partial charge in [0.2, 0.25) is 11.9 Å². The normalized spacial score (nSPS) is 11.1. The van der Waals surface area contributed by atoms with Crippen molar-refractivity contribution in [3.8, 4) is 0 Å². The van der Waals surface area contributed by atoms with Gasteiger partial charge in [0.05, 0.1) is 21.9 Å². The number of para-hydroxylation sites is 3. The highest BCUT2D eigenvalue weighted by atomic mass is 16.2. The van der Waals surface area contributed by atoms with Crippen LogP contribution in [0.1, 0.15) is 13.3 Å². The van der Waals surface area contributed by atoms with E-state index in [4.69, 9.17) is 0 Å². The number of hydrogen-bond donors (Lipinski definition) is 2. The Labute approximate surface area is 171 Å². The van der Waals surface area contributed by atoms with E-state index < -0.39 is 0 Å². The van der Waals surface area contributed by atoms with Gasteiger partial charge >= 0.3 is 5.69 Å². The van der Waals surface area contributed by atoms with Gasteiger partial charge < -0.3 is 0 Å². The Kier molecular flexibility index (Phi) is 5.09. The topological polar surface area (TPSA) is 103 Å². The number of rotatable bonds is 6. The molecule has 2 N–H and O–H groups in total. The number of benzene rings is 2. The van der Waals surface area contributed by atoms with E-state index in [0.29, 0.717) is 17.4 Å². The van der Waals surface area contributed by atoms with Crippen LogP contribution in [0.2, 0.25) is 0 Å². The van der Waals surface area contributed by atoms with Crippen LogP contribution in [0.3, 0.4) is 0 Å². The summed E-state index contributed by atoms with van der Waals surface area (Å²) >= 11 is 0. The molecule has 1 amide bonds. The molecule has 9 heteroatoms. The summed E-state index contributed by atoms with van der Waals surface area (Å²) in [6.45, 7) is 2.47. The van der Waals surface area contributed by atoms with Crippen molar-refractivity contribution in [3.63, 3.8) is 0 Å². The van der Waals surface area contributed by atoms with Crippen LogP contribution in [-0.4, -0.2) is 24.6 Å². The van der Waals surface area contributed by atoms with E-state index in [1.54, 1.807) is 40.4 Å². The van der Waals surface area contributed by atoms with Gasteiger partial charge in [-0.2, -0.15) is 0 Å². The molecule has 0 spiro atoms. The fourth-order valence-corrected chi connectivity index (χ4v) is 3.54. The Balaban J connectivity index is 1.49. The first-order valence-electron chi connectivity index (χ1n) is 9.70. The summed E-state index contributed by atoms with van der Waals surface area (Å²) in [6, 6.07) is 14.5. The van der Waals surface area contributed by atoms with Gasteiger partial charge in [-0.05, 0) is 31.2 Å². The molecule has 0 unspecified atom stereocenters. The number of hydrazine groups is 1. The molecule has 4 rings (SSSR count). The van der Waals surface area contributed by atoms with Crippen LogP contribution in [0, 0.1) is 0 Å². The predicted molar refractivity (Wildman–Crippen MR) is 115 cm³/mol. The summed E-state index contributed by atoms with van der Waals surface area (Å²) in [7, 11) is 1.71. The molecule has 9 nitrogen and oxygen atoms in total. The molecule has 0 aliphatic carbocycles. The third kappa shape index (κ3) is 3.34. The van der Waals surface area contributed by atoms with Gasteiger partial charge in [0, 0.05) is 26.6 Å². The molecule has 2 aromatic carbocycles. The number of anilines is 1. The monoisotopic (exact) mass is 406 g/mol. The van der Waals surface area contributed by atoms with Crippen molar-refractivity contribution in [3.05, 3.63) is 69.4 Å². The summed E-state index contributed by atoms with van der Waals surface area (Å²) in [5.41, 5.74) is 7.12. The molecular weight excluding hydrogens is 384 g/mol. The van der Waals surface area contributed by atoms with Crippen molar-refractivity contribution in [1.29, 1.82) is 0 Å². The Morgan fingerprint density at radius 3 is 2.47 bits per heavy atom. The number of carbonyl (C=O) groups excluding carboxylic acids is 1. The number of aromatic nitrogens is 4. The highest BCUT2D eigenvalue weighted by molar-refractivity contribution is 5.80. The van der Waals surface area contributed by atoms with Crippen LogP contribution in [0.15, 0.2) is 58.1 Å². The molecule has 2 aromatic heterocycles. The predicted octanol–water partition coefficient (Wildman–Crippen LogP) is 1.60. The number of hydrogen-bond acceptors (Lipinski definition) is 5. The lowest BCUT2D eigenvalue weighted by atomic mass is 10.2. The van der Waals surface area contributed by atoms with E-state index >= 15 is 0 Å². The van der Waals surface area contributed by atoms with E-state index in [-0.39, 0.29) is 36.1 Å². The molecular formula is C21H22N6O3. The maximum Gasteiger partial charge on any atom is 0.328 e. The zero-order valence-corrected chi connectivity index (χ0v) is 16.8. The van der Waals surface area contributed by atoms with Crippen LogP contribution >= 0.6 is 0 Å². The van der Waals surface area contributed by atoms with Crippen molar-refractivity contribution in [2.75, 3.05) is 5.43 Å². The van der Waals surface area contributed by atoms with Gasteiger partial charge in [0.15, 0.2) is 0 Å². The number of aryl methyl sites for hydroxylation is 2. The van der Waals surface area contributed by atoms with Gasteiger partial charge in [-0.25, -0.2) is 9.78 Å². The van der Waals surface area contributed by atoms with Crippen LogP contribution in [0.5, 0.6) is 0 Å². The van der Waals surface area contributed by atoms with Gasteiger partial charge in [-0.3, -0.25) is 34.1 Å². The molecule has 0 fully saturated rings. The third-order valence-corrected chi connectivity index (χ3v) is 5.11. The Hall–Kier alpha value is -3.88. The molecule has 0 bridgehead atoms. The molecule has 30 heavy (non-hydrogen) atoms. The molecule has 154 valence electrons. The summed E-state index contributed by atoms with van der Waals surface area (Å²) in [4.78, 5) is 41.9. The Morgan fingerprint density at radius 2 is 1.70 bits per heavy atom. The lowest BCUT2D eigenvalue weighted by Crippen LogP contribution is -2.35. The van der Waals surface area contributed by atoms with E-state index in [0.717, 1.165) is 11.0 Å². The molecule has 0 aliphatic rings. The van der Waals surface area contributed by atoms with Crippen molar-refractivity contribution in [2.45, 2.75) is 26.4 Å². The first-order chi connectivity index (χ1) is 14.5. The zero-order chi connectivity index (χ0) is 21.3. The van der Waals surface area contributed by atoms with Crippen molar-refractivity contribution >= 4 is 33.8 Å². The first kappa shape index (κ1) is 19.4. The number of amides is 1. The minimum atomic E-state index is -0.320. The summed E-state index contributed by atoms with van der Waals surface area (Å²) in [5, 5.41) is 0.520. The first-order valence-corrected chi connectivity index (χ1v) is 9.70. The van der Waals surface area contributed by atoms with Gasteiger partial charge in [0.1, 0.15) is 0 Å². The molecule has 0 aliphatic heterocycles. The van der Waals surface area contributed by atoms with E-state index in [2.05, 4.69) is 15.8 Å². The quantitative estimate of drug-likeness (QED) is 0.474. The highest BCUT2D eigenvalue weighted by Gasteiger charge is 2.13. The standard InChI is InChI=1S/C21H22N6O3/c1-3-26-19(29)14-8-4-5-9-15(14)22-20(26)24-23-18(28)12-13-27-17-11-7-6-10-16(17)25(2)21(27)30/h4-11H,3,12-13H2,1-2H3,(H,22,24)(H,23,28). The van der Waals surface area contributed by atoms with E-state index in [1.807, 2.05) is 31.2 Å². The second kappa shape index (κ2) is 7.86. The molecule has 0 saturated carbocycles. The van der Waals surface area contributed by atoms with Crippen molar-refractivity contribution < 1.29 is 4.79 Å². The van der Waals surface area contributed by atoms with Crippen LogP contribution < -0.4 is 22.1 Å². The molecule has 0 atom stereocenters. The number of carbonyl (C=O) groups is 1. The van der Waals surface area contributed by atoms with Crippen LogP contribution in [0.25, 0.3) is 21.9 Å². The van der Waals surface area contributed by atoms with Gasteiger partial charge in [-0.1, -0.05) is 24.3 Å². The Bertz CT molecular complexity index is 1360.